The maximum Gasteiger partial charge on any atom is 0.326 e. The summed E-state index contributed by atoms with van der Waals surface area (Å²) in [6, 6.07) is 15.6. The number of halogens is 4. The molecule has 2 amide bonds. The van der Waals surface area contributed by atoms with E-state index < -0.39 is 50.9 Å². The van der Waals surface area contributed by atoms with E-state index in [2.05, 4.69) is 31.9 Å². The lowest BCUT2D eigenvalue weighted by molar-refractivity contribution is -0.155. The summed E-state index contributed by atoms with van der Waals surface area (Å²) in [5.41, 5.74) is 3.75. The lowest BCUT2D eigenvalue weighted by Crippen LogP contribution is -2.56. The molecule has 6 rings (SSSR count). The number of ether oxygens (including phenoxy) is 1. The van der Waals surface area contributed by atoms with Crippen LogP contribution in [0.25, 0.3) is 0 Å². The Labute approximate surface area is 211 Å². The van der Waals surface area contributed by atoms with Gasteiger partial charge in [0.25, 0.3) is 0 Å². The van der Waals surface area contributed by atoms with Crippen molar-refractivity contribution in [3.63, 3.8) is 0 Å². The van der Waals surface area contributed by atoms with Gasteiger partial charge < -0.3 is 4.74 Å². The molecule has 3 aliphatic carbocycles. The Hall–Kier alpha value is -1.41. The van der Waals surface area contributed by atoms with Crippen molar-refractivity contribution in [1.29, 1.82) is 0 Å². The van der Waals surface area contributed by atoms with Crippen LogP contribution in [0.15, 0.2) is 48.5 Å². The van der Waals surface area contributed by atoms with E-state index in [4.69, 9.17) is 27.9 Å². The molecule has 1 saturated heterocycles. The summed E-state index contributed by atoms with van der Waals surface area (Å²) in [7, 11) is 0. The fourth-order valence-electron chi connectivity index (χ4n) is 5.34. The van der Waals surface area contributed by atoms with E-state index >= 15 is 0 Å². The van der Waals surface area contributed by atoms with Gasteiger partial charge in [0.1, 0.15) is 12.6 Å². The van der Waals surface area contributed by atoms with Gasteiger partial charge in [0.05, 0.1) is 32.2 Å². The summed E-state index contributed by atoms with van der Waals surface area (Å²) in [6.07, 6.45) is -0.685. The quantitative estimate of drug-likeness (QED) is 0.292. The average molecular weight is 602 g/mol. The fraction of sp³-hybridized carbons (Fsp3) is 0.348. The van der Waals surface area contributed by atoms with Crippen LogP contribution in [0.5, 0.6) is 0 Å². The first-order chi connectivity index (χ1) is 15.3. The number of hydrogen-bond acceptors (Lipinski definition) is 4. The second-order valence-corrected chi connectivity index (χ2v) is 11.3. The predicted octanol–water partition coefficient (Wildman–Crippen LogP) is 4.28. The Balaban J connectivity index is 1.62. The molecule has 0 radical (unpaired) electrons. The molecule has 1 aliphatic heterocycles. The number of rotatable bonds is 5. The normalized spacial score (nSPS) is 29.7. The number of likely N-dealkylation sites (tertiary alicyclic amines) is 1. The van der Waals surface area contributed by atoms with Gasteiger partial charge in [0.15, 0.2) is 0 Å². The molecule has 5 nitrogen and oxygen atoms in total. The van der Waals surface area contributed by atoms with Crippen LogP contribution in [-0.2, 0) is 27.8 Å². The van der Waals surface area contributed by atoms with Gasteiger partial charge in [-0.05, 0) is 22.3 Å². The van der Waals surface area contributed by atoms with Gasteiger partial charge in [0, 0.05) is 0 Å². The van der Waals surface area contributed by atoms with Crippen molar-refractivity contribution < 1.29 is 19.1 Å². The lowest BCUT2D eigenvalue weighted by atomic mass is 9.54. The van der Waals surface area contributed by atoms with Gasteiger partial charge in [-0.15, -0.1) is 23.2 Å². The Morgan fingerprint density at radius 2 is 1.25 bits per heavy atom. The number of amides is 2. The number of carbonyl (C=O) groups is 3. The van der Waals surface area contributed by atoms with Gasteiger partial charge in [-0.25, -0.2) is 0 Å². The largest absolute Gasteiger partial charge is 0.458 e. The minimum atomic E-state index is -0.888. The zero-order valence-electron chi connectivity index (χ0n) is 16.6. The summed E-state index contributed by atoms with van der Waals surface area (Å²) in [6.45, 7) is -0.478. The zero-order chi connectivity index (χ0) is 22.8. The van der Waals surface area contributed by atoms with Gasteiger partial charge in [-0.3, -0.25) is 19.3 Å². The Kier molecular flexibility index (Phi) is 5.48. The van der Waals surface area contributed by atoms with Gasteiger partial charge >= 0.3 is 5.97 Å². The van der Waals surface area contributed by atoms with Crippen molar-refractivity contribution in [3.05, 3.63) is 70.8 Å². The molecule has 9 heteroatoms. The molecule has 1 fully saturated rings. The Morgan fingerprint density at radius 1 is 0.875 bits per heavy atom. The molecule has 0 aromatic heterocycles. The van der Waals surface area contributed by atoms with Crippen molar-refractivity contribution in [3.8, 4) is 0 Å². The Morgan fingerprint density at radius 3 is 1.59 bits per heavy atom. The van der Waals surface area contributed by atoms with Crippen molar-refractivity contribution in [2.24, 2.45) is 11.8 Å². The standard InChI is InChI=1S/C23H17Br2Cl2NO4/c24-22-13-5-1-2-6-14(13)23(25,16-8-4-3-7-15(16)22)19-18(22)20(30)28(21(19)31)11-17(29)32-12(9-26)10-27/h1-8,12,18-19H,9-11H2. The molecular formula is C23H17Br2Cl2NO4. The van der Waals surface area contributed by atoms with Crippen molar-refractivity contribution in [2.45, 2.75) is 14.8 Å². The fourth-order valence-corrected chi connectivity index (χ4v) is 8.10. The molecule has 2 atom stereocenters. The second kappa shape index (κ2) is 7.83. The highest BCUT2D eigenvalue weighted by Gasteiger charge is 2.72. The van der Waals surface area contributed by atoms with Crippen LogP contribution in [0.4, 0.5) is 0 Å². The summed E-state index contributed by atoms with van der Waals surface area (Å²) >= 11 is 19.3. The molecule has 32 heavy (non-hydrogen) atoms. The first kappa shape index (κ1) is 22.4. The molecular weight excluding hydrogens is 585 g/mol. The van der Waals surface area contributed by atoms with Gasteiger partial charge in [0.2, 0.25) is 11.8 Å². The van der Waals surface area contributed by atoms with E-state index in [1.807, 2.05) is 48.5 Å². The first-order valence-corrected chi connectivity index (χ1v) is 12.7. The van der Waals surface area contributed by atoms with Crippen molar-refractivity contribution >= 4 is 72.8 Å². The summed E-state index contributed by atoms with van der Waals surface area (Å²) < 4.78 is 3.46. The SMILES string of the molecule is O=C(CN1C(=O)C2C(C1=O)C1(Br)c3ccccc3C2(Br)c2ccccc21)OC(CCl)CCl. The van der Waals surface area contributed by atoms with Crippen molar-refractivity contribution in [1.82, 2.24) is 4.90 Å². The predicted molar refractivity (Wildman–Crippen MR) is 127 cm³/mol. The minimum absolute atomic E-state index is 0.0298. The lowest BCUT2D eigenvalue weighted by Gasteiger charge is -2.55. The highest BCUT2D eigenvalue weighted by atomic mass is 79.9. The third-order valence-electron chi connectivity index (χ3n) is 6.61. The molecule has 2 unspecified atom stereocenters. The number of carbonyl (C=O) groups excluding carboxylic acids is 3. The van der Waals surface area contributed by atoms with Crippen LogP contribution in [-0.4, -0.2) is 47.1 Å². The summed E-state index contributed by atoms with van der Waals surface area (Å²) in [5.74, 6) is -2.91. The van der Waals surface area contributed by atoms with E-state index in [1.165, 1.54) is 0 Å². The number of benzene rings is 2. The zero-order valence-corrected chi connectivity index (χ0v) is 21.2. The maximum absolute atomic E-state index is 13.7. The topological polar surface area (TPSA) is 63.7 Å². The van der Waals surface area contributed by atoms with Crippen LogP contribution in [0.2, 0.25) is 0 Å². The first-order valence-electron chi connectivity index (χ1n) is 10.0. The third-order valence-corrected chi connectivity index (χ3v) is 9.99. The van der Waals surface area contributed by atoms with E-state index in [0.717, 1.165) is 27.2 Å². The highest BCUT2D eigenvalue weighted by molar-refractivity contribution is 9.10. The molecule has 0 N–H and O–H groups in total. The van der Waals surface area contributed by atoms with E-state index in [0.29, 0.717) is 0 Å². The van der Waals surface area contributed by atoms with Crippen molar-refractivity contribution in [2.75, 3.05) is 18.3 Å². The molecule has 2 aromatic rings. The minimum Gasteiger partial charge on any atom is -0.458 e. The average Bonchev–Trinajstić information content (AvgIpc) is 3.06. The third kappa shape index (κ3) is 2.77. The summed E-state index contributed by atoms with van der Waals surface area (Å²) in [4.78, 5) is 40.8. The molecule has 166 valence electrons. The summed E-state index contributed by atoms with van der Waals surface area (Å²) in [5, 5.41) is 0. The monoisotopic (exact) mass is 599 g/mol. The number of hydrogen-bond donors (Lipinski definition) is 0. The smallest absolute Gasteiger partial charge is 0.326 e. The number of imide groups is 1. The second-order valence-electron chi connectivity index (χ2n) is 8.15. The van der Waals surface area contributed by atoms with E-state index in [-0.39, 0.29) is 11.8 Å². The molecule has 4 aliphatic rings. The highest BCUT2D eigenvalue weighted by Crippen LogP contribution is 2.70. The van der Waals surface area contributed by atoms with E-state index in [1.54, 1.807) is 0 Å². The Bertz CT molecular complexity index is 1030. The molecule has 0 spiro atoms. The van der Waals surface area contributed by atoms with Gasteiger partial charge in [-0.1, -0.05) is 80.4 Å². The van der Waals surface area contributed by atoms with Crippen LogP contribution in [0, 0.1) is 11.8 Å². The van der Waals surface area contributed by atoms with Crippen LogP contribution >= 0.6 is 55.1 Å². The molecule has 2 bridgehead atoms. The van der Waals surface area contributed by atoms with Crippen LogP contribution in [0.3, 0.4) is 0 Å². The molecule has 2 aromatic carbocycles. The van der Waals surface area contributed by atoms with Crippen LogP contribution < -0.4 is 0 Å². The van der Waals surface area contributed by atoms with Gasteiger partial charge in [-0.2, -0.15) is 0 Å². The number of nitrogens with zero attached hydrogens (tertiary/aromatic N) is 1. The van der Waals surface area contributed by atoms with E-state index in [9.17, 15) is 14.4 Å². The number of alkyl halides is 4. The maximum atomic E-state index is 13.7. The number of esters is 1. The molecule has 1 heterocycles. The molecule has 0 saturated carbocycles. The van der Waals surface area contributed by atoms with Crippen LogP contribution in [0.1, 0.15) is 22.3 Å².